The predicted octanol–water partition coefficient (Wildman–Crippen LogP) is 1.82. The summed E-state index contributed by atoms with van der Waals surface area (Å²) in [6, 6.07) is 3.14. The number of nitro groups is 1. The van der Waals surface area contributed by atoms with E-state index in [1.165, 1.54) is 13.2 Å². The van der Waals surface area contributed by atoms with Crippen LogP contribution in [0.3, 0.4) is 0 Å². The SMILES string of the molecule is COc1nc(NC(C)C)ccc1[N+](=O)[O-]. The van der Waals surface area contributed by atoms with Crippen molar-refractivity contribution in [2.24, 2.45) is 0 Å². The Bertz CT molecular complexity index is 366. The Morgan fingerprint density at radius 1 is 1.53 bits per heavy atom. The van der Waals surface area contributed by atoms with Crippen molar-refractivity contribution in [2.45, 2.75) is 19.9 Å². The van der Waals surface area contributed by atoms with Crippen LogP contribution in [0.25, 0.3) is 0 Å². The molecule has 0 aromatic carbocycles. The van der Waals surface area contributed by atoms with Gasteiger partial charge in [-0.2, -0.15) is 4.98 Å². The van der Waals surface area contributed by atoms with E-state index in [4.69, 9.17) is 4.74 Å². The molecule has 0 aliphatic carbocycles. The van der Waals surface area contributed by atoms with Gasteiger partial charge in [-0.3, -0.25) is 10.1 Å². The Balaban J connectivity index is 3.02. The van der Waals surface area contributed by atoms with E-state index in [-0.39, 0.29) is 17.6 Å². The van der Waals surface area contributed by atoms with Crippen molar-refractivity contribution in [1.82, 2.24) is 4.98 Å². The minimum absolute atomic E-state index is 0.0191. The van der Waals surface area contributed by atoms with Gasteiger partial charge >= 0.3 is 5.69 Å². The highest BCUT2D eigenvalue weighted by atomic mass is 16.6. The smallest absolute Gasteiger partial charge is 0.331 e. The van der Waals surface area contributed by atoms with E-state index in [2.05, 4.69) is 10.3 Å². The van der Waals surface area contributed by atoms with E-state index in [0.717, 1.165) is 0 Å². The van der Waals surface area contributed by atoms with E-state index >= 15 is 0 Å². The summed E-state index contributed by atoms with van der Waals surface area (Å²) in [5, 5.41) is 13.6. The Labute approximate surface area is 87.4 Å². The second-order valence-electron chi connectivity index (χ2n) is 3.28. The lowest BCUT2D eigenvalue weighted by Crippen LogP contribution is -2.11. The molecule has 0 amide bonds. The van der Waals surface area contributed by atoms with Crippen molar-refractivity contribution >= 4 is 11.5 Å². The van der Waals surface area contributed by atoms with Gasteiger partial charge in [-0.05, 0) is 19.9 Å². The third kappa shape index (κ3) is 2.80. The van der Waals surface area contributed by atoms with Gasteiger partial charge in [0.25, 0.3) is 5.88 Å². The number of rotatable bonds is 4. The topological polar surface area (TPSA) is 77.3 Å². The lowest BCUT2D eigenvalue weighted by Gasteiger charge is -2.09. The van der Waals surface area contributed by atoms with Crippen LogP contribution in [-0.2, 0) is 0 Å². The van der Waals surface area contributed by atoms with Crippen LogP contribution in [0.5, 0.6) is 5.88 Å². The summed E-state index contributed by atoms with van der Waals surface area (Å²) < 4.78 is 4.84. The number of hydrogen-bond donors (Lipinski definition) is 1. The maximum absolute atomic E-state index is 10.6. The first-order valence-electron chi connectivity index (χ1n) is 4.50. The molecule has 1 rings (SSSR count). The minimum Gasteiger partial charge on any atom is -0.476 e. The predicted molar refractivity (Wildman–Crippen MR) is 56.2 cm³/mol. The summed E-state index contributed by atoms with van der Waals surface area (Å²) >= 11 is 0. The van der Waals surface area contributed by atoms with Crippen LogP contribution in [-0.4, -0.2) is 23.1 Å². The van der Waals surface area contributed by atoms with Crippen LogP contribution >= 0.6 is 0 Å². The van der Waals surface area contributed by atoms with Crippen LogP contribution in [0.4, 0.5) is 11.5 Å². The average Bonchev–Trinajstić information content (AvgIpc) is 2.16. The summed E-state index contributed by atoms with van der Waals surface area (Å²) in [6.07, 6.45) is 0. The van der Waals surface area contributed by atoms with Crippen LogP contribution in [0.15, 0.2) is 12.1 Å². The zero-order valence-electron chi connectivity index (χ0n) is 8.85. The van der Waals surface area contributed by atoms with Crippen molar-refractivity contribution in [2.75, 3.05) is 12.4 Å². The van der Waals surface area contributed by atoms with E-state index in [1.807, 2.05) is 13.8 Å². The summed E-state index contributed by atoms with van der Waals surface area (Å²) in [7, 11) is 1.36. The summed E-state index contributed by atoms with van der Waals surface area (Å²) in [4.78, 5) is 14.0. The first kappa shape index (κ1) is 11.2. The second-order valence-corrected chi connectivity index (χ2v) is 3.28. The zero-order chi connectivity index (χ0) is 11.4. The number of nitrogens with zero attached hydrogens (tertiary/aromatic N) is 2. The molecule has 6 nitrogen and oxygen atoms in total. The molecule has 0 aliphatic heterocycles. The molecule has 1 N–H and O–H groups in total. The Hall–Kier alpha value is -1.85. The molecule has 0 atom stereocenters. The fourth-order valence-corrected chi connectivity index (χ4v) is 1.10. The van der Waals surface area contributed by atoms with Gasteiger partial charge in [0.2, 0.25) is 0 Å². The molecule has 0 radical (unpaired) electrons. The van der Waals surface area contributed by atoms with Gasteiger partial charge < -0.3 is 10.1 Å². The molecule has 0 saturated heterocycles. The third-order valence-corrected chi connectivity index (χ3v) is 1.67. The fraction of sp³-hybridized carbons (Fsp3) is 0.444. The third-order valence-electron chi connectivity index (χ3n) is 1.67. The van der Waals surface area contributed by atoms with E-state index < -0.39 is 4.92 Å². The van der Waals surface area contributed by atoms with Gasteiger partial charge in [0.15, 0.2) is 0 Å². The highest BCUT2D eigenvalue weighted by Gasteiger charge is 2.16. The average molecular weight is 211 g/mol. The van der Waals surface area contributed by atoms with Crippen molar-refractivity contribution < 1.29 is 9.66 Å². The molecule has 6 heteroatoms. The maximum Gasteiger partial charge on any atom is 0.331 e. The summed E-state index contributed by atoms with van der Waals surface area (Å²) in [5.74, 6) is 0.582. The molecule has 0 unspecified atom stereocenters. The Morgan fingerprint density at radius 2 is 2.20 bits per heavy atom. The van der Waals surface area contributed by atoms with Crippen molar-refractivity contribution in [1.29, 1.82) is 0 Å². The number of anilines is 1. The molecular weight excluding hydrogens is 198 g/mol. The molecule has 15 heavy (non-hydrogen) atoms. The van der Waals surface area contributed by atoms with Crippen molar-refractivity contribution in [3.8, 4) is 5.88 Å². The highest BCUT2D eigenvalue weighted by Crippen LogP contribution is 2.25. The molecule has 0 saturated carbocycles. The normalized spacial score (nSPS) is 10.1. The fourth-order valence-electron chi connectivity index (χ4n) is 1.10. The molecule has 0 spiro atoms. The molecule has 82 valence electrons. The molecule has 0 aliphatic rings. The van der Waals surface area contributed by atoms with Gasteiger partial charge in [0.1, 0.15) is 5.82 Å². The number of aromatic nitrogens is 1. The number of nitrogens with one attached hydrogen (secondary N) is 1. The number of pyridine rings is 1. The van der Waals surface area contributed by atoms with Crippen LogP contribution in [0.2, 0.25) is 0 Å². The molecule has 1 aromatic rings. The maximum atomic E-state index is 10.6. The Morgan fingerprint density at radius 3 is 2.67 bits per heavy atom. The summed E-state index contributed by atoms with van der Waals surface area (Å²) in [5.41, 5.74) is -0.133. The zero-order valence-corrected chi connectivity index (χ0v) is 8.85. The number of hydrogen-bond acceptors (Lipinski definition) is 5. The number of methoxy groups -OCH3 is 1. The van der Waals surface area contributed by atoms with Crippen molar-refractivity contribution in [3.63, 3.8) is 0 Å². The largest absolute Gasteiger partial charge is 0.476 e. The van der Waals surface area contributed by atoms with Crippen LogP contribution < -0.4 is 10.1 Å². The monoisotopic (exact) mass is 211 g/mol. The van der Waals surface area contributed by atoms with Crippen LogP contribution in [0.1, 0.15) is 13.8 Å². The van der Waals surface area contributed by atoms with E-state index in [1.54, 1.807) is 6.07 Å². The summed E-state index contributed by atoms with van der Waals surface area (Å²) in [6.45, 7) is 3.91. The van der Waals surface area contributed by atoms with Gasteiger partial charge in [-0.15, -0.1) is 0 Å². The van der Waals surface area contributed by atoms with Gasteiger partial charge in [0, 0.05) is 12.1 Å². The Kier molecular flexibility index (Phi) is 3.43. The lowest BCUT2D eigenvalue weighted by molar-refractivity contribution is -0.386. The number of ether oxygens (including phenoxy) is 1. The van der Waals surface area contributed by atoms with E-state index in [0.29, 0.717) is 5.82 Å². The molecular formula is C9H13N3O3. The minimum atomic E-state index is -0.523. The second kappa shape index (κ2) is 4.59. The van der Waals surface area contributed by atoms with E-state index in [9.17, 15) is 10.1 Å². The quantitative estimate of drug-likeness (QED) is 0.607. The standard InChI is InChI=1S/C9H13N3O3/c1-6(2)10-8-5-4-7(12(13)14)9(11-8)15-3/h4-6H,1-3H3,(H,10,11). The first-order chi connectivity index (χ1) is 7.04. The van der Waals surface area contributed by atoms with Gasteiger partial charge in [-0.25, -0.2) is 0 Å². The van der Waals surface area contributed by atoms with Gasteiger partial charge in [0.05, 0.1) is 12.0 Å². The molecule has 0 bridgehead atoms. The van der Waals surface area contributed by atoms with Gasteiger partial charge in [-0.1, -0.05) is 0 Å². The van der Waals surface area contributed by atoms with Crippen LogP contribution in [0, 0.1) is 10.1 Å². The highest BCUT2D eigenvalue weighted by molar-refractivity contribution is 5.49. The molecule has 0 fully saturated rings. The molecule has 1 heterocycles. The van der Waals surface area contributed by atoms with Crippen molar-refractivity contribution in [3.05, 3.63) is 22.2 Å². The first-order valence-corrected chi connectivity index (χ1v) is 4.50. The molecule has 1 aromatic heterocycles. The lowest BCUT2D eigenvalue weighted by atomic mass is 10.3.